The van der Waals surface area contributed by atoms with Crippen LogP contribution in [0, 0.1) is 0 Å². The highest BCUT2D eigenvalue weighted by atomic mass is 16.5. The van der Waals surface area contributed by atoms with E-state index >= 15 is 0 Å². The van der Waals surface area contributed by atoms with Crippen LogP contribution in [0.15, 0.2) is 18.3 Å². The third-order valence-electron chi connectivity index (χ3n) is 4.71. The van der Waals surface area contributed by atoms with Crippen LogP contribution in [-0.4, -0.2) is 66.4 Å². The molecule has 2 saturated heterocycles. The Balaban J connectivity index is 1.58. The number of rotatable bonds is 3. The first-order valence-corrected chi connectivity index (χ1v) is 7.87. The van der Waals surface area contributed by atoms with Crippen LogP contribution in [0.4, 0.5) is 0 Å². The molecular weight excluding hydrogens is 282 g/mol. The molecule has 2 aliphatic heterocycles. The van der Waals surface area contributed by atoms with E-state index in [2.05, 4.69) is 15.2 Å². The van der Waals surface area contributed by atoms with Gasteiger partial charge >= 0.3 is 0 Å². The molecule has 3 rings (SSSR count). The van der Waals surface area contributed by atoms with Gasteiger partial charge in [0, 0.05) is 24.9 Å². The average Bonchev–Trinajstić information content (AvgIpc) is 3.00. The van der Waals surface area contributed by atoms with Crippen molar-refractivity contribution >= 4 is 5.91 Å². The van der Waals surface area contributed by atoms with Crippen LogP contribution in [0.2, 0.25) is 0 Å². The SMILES string of the molecule is CNC(=O)c1ccc(C2CCN(C3COCC3O)CC2)nc1. The number of aliphatic hydroxyl groups excluding tert-OH is 1. The summed E-state index contributed by atoms with van der Waals surface area (Å²) >= 11 is 0. The van der Waals surface area contributed by atoms with Crippen molar-refractivity contribution in [2.24, 2.45) is 0 Å². The van der Waals surface area contributed by atoms with Crippen LogP contribution in [0.3, 0.4) is 0 Å². The molecule has 0 bridgehead atoms. The number of carbonyl (C=O) groups is 1. The summed E-state index contributed by atoms with van der Waals surface area (Å²) in [4.78, 5) is 18.3. The highest BCUT2D eigenvalue weighted by Gasteiger charge is 2.34. The van der Waals surface area contributed by atoms with E-state index in [9.17, 15) is 9.90 Å². The lowest BCUT2D eigenvalue weighted by Gasteiger charge is -2.36. The molecule has 1 aromatic heterocycles. The summed E-state index contributed by atoms with van der Waals surface area (Å²) in [7, 11) is 1.62. The monoisotopic (exact) mass is 305 g/mol. The summed E-state index contributed by atoms with van der Waals surface area (Å²) in [5.41, 5.74) is 1.64. The molecule has 0 radical (unpaired) electrons. The van der Waals surface area contributed by atoms with Crippen molar-refractivity contribution in [3.8, 4) is 0 Å². The molecule has 1 aromatic rings. The van der Waals surface area contributed by atoms with Crippen molar-refractivity contribution < 1.29 is 14.6 Å². The van der Waals surface area contributed by atoms with Gasteiger partial charge in [0.15, 0.2) is 0 Å². The second-order valence-corrected chi connectivity index (χ2v) is 6.03. The number of likely N-dealkylation sites (tertiary alicyclic amines) is 1. The second-order valence-electron chi connectivity index (χ2n) is 6.03. The van der Waals surface area contributed by atoms with Crippen LogP contribution in [0.1, 0.15) is 34.8 Å². The smallest absolute Gasteiger partial charge is 0.252 e. The van der Waals surface area contributed by atoms with Crippen LogP contribution in [0.25, 0.3) is 0 Å². The first-order valence-electron chi connectivity index (χ1n) is 7.87. The fourth-order valence-electron chi connectivity index (χ4n) is 3.33. The lowest BCUT2D eigenvalue weighted by Crippen LogP contribution is -2.46. The third-order valence-corrected chi connectivity index (χ3v) is 4.71. The maximum atomic E-state index is 11.5. The lowest BCUT2D eigenvalue weighted by molar-refractivity contribution is 0.0660. The van der Waals surface area contributed by atoms with Crippen molar-refractivity contribution in [1.82, 2.24) is 15.2 Å². The Hall–Kier alpha value is -1.50. The van der Waals surface area contributed by atoms with Crippen molar-refractivity contribution in [2.45, 2.75) is 30.9 Å². The molecule has 120 valence electrons. The van der Waals surface area contributed by atoms with E-state index in [-0.39, 0.29) is 18.1 Å². The van der Waals surface area contributed by atoms with Gasteiger partial charge in [0.1, 0.15) is 0 Å². The Labute approximate surface area is 130 Å². The molecule has 6 nitrogen and oxygen atoms in total. The lowest BCUT2D eigenvalue weighted by atomic mass is 9.91. The molecule has 0 aliphatic carbocycles. The number of nitrogens with one attached hydrogen (secondary N) is 1. The topological polar surface area (TPSA) is 74.7 Å². The molecule has 0 saturated carbocycles. The van der Waals surface area contributed by atoms with Gasteiger partial charge in [0.05, 0.1) is 30.9 Å². The standard InChI is InChI=1S/C16H23N3O3/c1-17-16(21)12-2-3-13(18-8-12)11-4-6-19(7-5-11)14-9-22-10-15(14)20/h2-3,8,11,14-15,20H,4-7,9-10H2,1H3,(H,17,21). The van der Waals surface area contributed by atoms with E-state index in [1.807, 2.05) is 12.1 Å². The molecule has 3 heterocycles. The zero-order valence-electron chi connectivity index (χ0n) is 12.9. The first-order chi connectivity index (χ1) is 10.7. The largest absolute Gasteiger partial charge is 0.389 e. The van der Waals surface area contributed by atoms with E-state index in [1.54, 1.807) is 13.2 Å². The molecule has 2 aliphatic rings. The Morgan fingerprint density at radius 2 is 2.14 bits per heavy atom. The molecule has 0 spiro atoms. The number of piperidine rings is 1. The second kappa shape index (κ2) is 6.73. The fraction of sp³-hybridized carbons (Fsp3) is 0.625. The van der Waals surface area contributed by atoms with Crippen molar-refractivity contribution in [3.05, 3.63) is 29.6 Å². The summed E-state index contributed by atoms with van der Waals surface area (Å²) < 4.78 is 5.34. The number of pyridine rings is 1. The average molecular weight is 305 g/mol. The predicted molar refractivity (Wildman–Crippen MR) is 81.8 cm³/mol. The van der Waals surface area contributed by atoms with E-state index in [4.69, 9.17) is 4.74 Å². The number of amides is 1. The summed E-state index contributed by atoms with van der Waals surface area (Å²) in [6, 6.07) is 3.94. The molecule has 1 amide bonds. The number of nitrogens with zero attached hydrogens (tertiary/aromatic N) is 2. The van der Waals surface area contributed by atoms with Crippen LogP contribution < -0.4 is 5.32 Å². The summed E-state index contributed by atoms with van der Waals surface area (Å²) in [5.74, 6) is 0.318. The van der Waals surface area contributed by atoms with Gasteiger partial charge in [-0.05, 0) is 38.1 Å². The van der Waals surface area contributed by atoms with Gasteiger partial charge in [0.2, 0.25) is 0 Å². The molecular formula is C16H23N3O3. The molecule has 0 aromatic carbocycles. The number of hydrogen-bond donors (Lipinski definition) is 2. The highest BCUT2D eigenvalue weighted by molar-refractivity contribution is 5.93. The molecule has 6 heteroatoms. The van der Waals surface area contributed by atoms with E-state index in [0.29, 0.717) is 24.7 Å². The molecule has 2 fully saturated rings. The predicted octanol–water partition coefficient (Wildman–Crippen LogP) is 0.380. The Bertz CT molecular complexity index is 512. The minimum absolute atomic E-state index is 0.107. The molecule has 2 atom stereocenters. The molecule has 2 N–H and O–H groups in total. The van der Waals surface area contributed by atoms with Gasteiger partial charge in [-0.2, -0.15) is 0 Å². The minimum Gasteiger partial charge on any atom is -0.389 e. The van der Waals surface area contributed by atoms with Crippen molar-refractivity contribution in [3.63, 3.8) is 0 Å². The van der Waals surface area contributed by atoms with E-state index in [1.165, 1.54) is 0 Å². The zero-order chi connectivity index (χ0) is 15.5. The number of hydrogen-bond acceptors (Lipinski definition) is 5. The number of aliphatic hydroxyl groups is 1. The number of carbonyl (C=O) groups excluding carboxylic acids is 1. The van der Waals surface area contributed by atoms with Gasteiger partial charge in [0.25, 0.3) is 5.91 Å². The quantitative estimate of drug-likeness (QED) is 0.844. The Morgan fingerprint density at radius 3 is 2.68 bits per heavy atom. The van der Waals surface area contributed by atoms with Crippen LogP contribution >= 0.6 is 0 Å². The third kappa shape index (κ3) is 3.14. The van der Waals surface area contributed by atoms with Gasteiger partial charge in [-0.25, -0.2) is 0 Å². The van der Waals surface area contributed by atoms with Crippen molar-refractivity contribution in [2.75, 3.05) is 33.4 Å². The van der Waals surface area contributed by atoms with Gasteiger partial charge in [-0.3, -0.25) is 14.7 Å². The van der Waals surface area contributed by atoms with Crippen LogP contribution in [-0.2, 0) is 4.74 Å². The Kier molecular flexibility index (Phi) is 4.71. The van der Waals surface area contributed by atoms with Gasteiger partial charge < -0.3 is 15.2 Å². The highest BCUT2D eigenvalue weighted by Crippen LogP contribution is 2.29. The summed E-state index contributed by atoms with van der Waals surface area (Å²) in [6.07, 6.45) is 3.33. The molecule has 2 unspecified atom stereocenters. The zero-order valence-corrected chi connectivity index (χ0v) is 12.9. The van der Waals surface area contributed by atoms with E-state index in [0.717, 1.165) is 31.6 Å². The minimum atomic E-state index is -0.360. The van der Waals surface area contributed by atoms with Crippen molar-refractivity contribution in [1.29, 1.82) is 0 Å². The first kappa shape index (κ1) is 15.4. The normalized spacial score (nSPS) is 27.0. The number of aromatic nitrogens is 1. The molecule has 22 heavy (non-hydrogen) atoms. The maximum Gasteiger partial charge on any atom is 0.252 e. The Morgan fingerprint density at radius 1 is 1.36 bits per heavy atom. The summed E-state index contributed by atoms with van der Waals surface area (Å²) in [6.45, 7) is 2.99. The van der Waals surface area contributed by atoms with E-state index < -0.39 is 0 Å². The number of ether oxygens (including phenoxy) is 1. The van der Waals surface area contributed by atoms with Gasteiger partial charge in [-0.15, -0.1) is 0 Å². The summed E-state index contributed by atoms with van der Waals surface area (Å²) in [5, 5.41) is 12.5. The van der Waals surface area contributed by atoms with Crippen LogP contribution in [0.5, 0.6) is 0 Å². The van der Waals surface area contributed by atoms with Gasteiger partial charge in [-0.1, -0.05) is 0 Å². The fourth-order valence-corrected chi connectivity index (χ4v) is 3.33. The maximum absolute atomic E-state index is 11.5.